The zero-order chi connectivity index (χ0) is 16.5. The molecule has 0 aliphatic carbocycles. The number of benzene rings is 2. The van der Waals surface area contributed by atoms with E-state index < -0.39 is 0 Å². The van der Waals surface area contributed by atoms with Crippen LogP contribution in [0.25, 0.3) is 0 Å². The van der Waals surface area contributed by atoms with Crippen LogP contribution in [0.2, 0.25) is 0 Å². The second-order valence-electron chi connectivity index (χ2n) is 7.52. The van der Waals surface area contributed by atoms with Crippen LogP contribution in [0.4, 0.5) is 0 Å². The number of aryl methyl sites for hydroxylation is 2. The molecule has 25 heavy (non-hydrogen) atoms. The van der Waals surface area contributed by atoms with Gasteiger partial charge in [-0.05, 0) is 23.5 Å². The summed E-state index contributed by atoms with van der Waals surface area (Å²) in [5.74, 6) is 0. The molecule has 0 nitrogen and oxygen atoms in total. The minimum absolute atomic E-state index is 0. The van der Waals surface area contributed by atoms with Gasteiger partial charge in [0, 0.05) is 32.7 Å². The zero-order valence-corrected chi connectivity index (χ0v) is 20.3. The number of hydrogen-bond acceptors (Lipinski definition) is 0. The molecule has 137 valence electrons. The molecular formula is C24H34Y-4. The molecule has 1 radical (unpaired) electrons. The van der Waals surface area contributed by atoms with Gasteiger partial charge in [-0.1, -0.05) is 64.3 Å². The van der Waals surface area contributed by atoms with Crippen molar-refractivity contribution >= 4 is 0 Å². The number of hydrogen-bond donors (Lipinski definition) is 0. The normalized spacial score (nSPS) is 11.0. The van der Waals surface area contributed by atoms with Gasteiger partial charge in [0.1, 0.15) is 0 Å². The Morgan fingerprint density at radius 1 is 0.920 bits per heavy atom. The monoisotopic (exact) mass is 411 g/mol. The van der Waals surface area contributed by atoms with Gasteiger partial charge in [0.2, 0.25) is 0 Å². The Morgan fingerprint density at radius 3 is 2.00 bits per heavy atom. The summed E-state index contributed by atoms with van der Waals surface area (Å²) < 4.78 is 0. The van der Waals surface area contributed by atoms with Gasteiger partial charge >= 0.3 is 0 Å². The van der Waals surface area contributed by atoms with Crippen molar-refractivity contribution in [3.63, 3.8) is 0 Å². The van der Waals surface area contributed by atoms with Crippen LogP contribution in [0.1, 0.15) is 61.9 Å². The van der Waals surface area contributed by atoms with Crippen molar-refractivity contribution in [1.82, 2.24) is 0 Å². The Balaban J connectivity index is 0. The van der Waals surface area contributed by atoms with Gasteiger partial charge in [-0.15, -0.1) is 5.56 Å². The van der Waals surface area contributed by atoms with E-state index in [9.17, 15) is 0 Å². The van der Waals surface area contributed by atoms with E-state index in [1.54, 1.807) is 0 Å². The fourth-order valence-electron chi connectivity index (χ4n) is 3.18. The minimum atomic E-state index is -0.0173. The van der Waals surface area contributed by atoms with E-state index in [2.05, 4.69) is 90.9 Å². The van der Waals surface area contributed by atoms with E-state index in [1.807, 2.05) is 0 Å². The van der Waals surface area contributed by atoms with Crippen LogP contribution in [0, 0.1) is 41.7 Å². The van der Waals surface area contributed by atoms with E-state index in [0.717, 1.165) is 6.42 Å². The van der Waals surface area contributed by atoms with Crippen molar-refractivity contribution in [1.29, 1.82) is 0 Å². The first-order valence-electron chi connectivity index (χ1n) is 8.09. The molecule has 0 amide bonds. The standard InChI is InChI=1S/C22H28.2CH3.Y/c1-8-21(4,5)18-14-13-17(3)20(15-18)22(6,7)19-12-10-9-11-16(19)2;;;/h9-13,15H,1,8H2,2-7H3;2*1H3;/q-2;2*-1;. The molecule has 0 aliphatic heterocycles. The van der Waals surface area contributed by atoms with Crippen molar-refractivity contribution in [2.75, 3.05) is 0 Å². The van der Waals surface area contributed by atoms with Gasteiger partial charge < -0.3 is 21.8 Å². The van der Waals surface area contributed by atoms with E-state index in [1.165, 1.54) is 27.8 Å². The zero-order valence-electron chi connectivity index (χ0n) is 17.5. The predicted octanol–water partition coefficient (Wildman–Crippen LogP) is 6.83. The SMILES string of the molecule is [CH2-]CC(C)(C)c1[c-]cc(C)c(C(C)(C)c2ccccc2C)c1.[CH3-].[CH3-].[Y]. The first kappa shape index (κ1) is 26.8. The Hall–Kier alpha value is -0.456. The van der Waals surface area contributed by atoms with Crippen LogP contribution in [-0.4, -0.2) is 0 Å². The summed E-state index contributed by atoms with van der Waals surface area (Å²) in [5, 5.41) is 0. The first-order valence-corrected chi connectivity index (χ1v) is 8.09. The molecule has 0 saturated heterocycles. The minimum Gasteiger partial charge on any atom is -0.358 e. The second kappa shape index (κ2) is 10.0. The second-order valence-corrected chi connectivity index (χ2v) is 7.52. The van der Waals surface area contributed by atoms with E-state index in [0.29, 0.717) is 0 Å². The Morgan fingerprint density at radius 2 is 1.48 bits per heavy atom. The van der Waals surface area contributed by atoms with Crippen LogP contribution < -0.4 is 0 Å². The summed E-state index contributed by atoms with van der Waals surface area (Å²) in [5.41, 5.74) is 6.72. The largest absolute Gasteiger partial charge is 0.358 e. The molecule has 0 fully saturated rings. The maximum atomic E-state index is 4.10. The molecule has 2 aromatic carbocycles. The maximum Gasteiger partial charge on any atom is 0 e. The fourth-order valence-corrected chi connectivity index (χ4v) is 3.18. The topological polar surface area (TPSA) is 0 Å². The van der Waals surface area contributed by atoms with Crippen molar-refractivity contribution in [3.8, 4) is 0 Å². The van der Waals surface area contributed by atoms with Gasteiger partial charge in [0.05, 0.1) is 0 Å². The molecule has 1 heteroatoms. The molecule has 0 atom stereocenters. The molecule has 0 spiro atoms. The van der Waals surface area contributed by atoms with Gasteiger partial charge in [-0.2, -0.15) is 35.7 Å². The summed E-state index contributed by atoms with van der Waals surface area (Å²) in [7, 11) is 0. The van der Waals surface area contributed by atoms with Crippen molar-refractivity contribution in [3.05, 3.63) is 92.1 Å². The summed E-state index contributed by atoms with van der Waals surface area (Å²) in [4.78, 5) is 0. The summed E-state index contributed by atoms with van der Waals surface area (Å²) in [6.07, 6.45) is 0.872. The molecule has 0 aromatic heterocycles. The maximum absolute atomic E-state index is 4.10. The Bertz CT molecular complexity index is 666. The van der Waals surface area contributed by atoms with Crippen molar-refractivity contribution < 1.29 is 32.7 Å². The molecule has 2 rings (SSSR count). The fraction of sp³-hybridized carbons (Fsp3) is 0.375. The van der Waals surface area contributed by atoms with Crippen molar-refractivity contribution in [2.24, 2.45) is 0 Å². The first-order chi connectivity index (χ1) is 10.2. The average Bonchev–Trinajstić information content (AvgIpc) is 2.47. The number of rotatable bonds is 4. The molecular weight excluding hydrogens is 377 g/mol. The third-order valence-electron chi connectivity index (χ3n) is 5.00. The summed E-state index contributed by atoms with van der Waals surface area (Å²) in [6, 6.07) is 16.6. The van der Waals surface area contributed by atoms with Crippen LogP contribution in [-0.2, 0) is 43.5 Å². The Kier molecular flexibility index (Phi) is 10.7. The van der Waals surface area contributed by atoms with Crippen molar-refractivity contribution in [2.45, 2.75) is 58.8 Å². The molecule has 0 bridgehead atoms. The molecule has 0 saturated carbocycles. The average molecular weight is 411 g/mol. The van der Waals surface area contributed by atoms with Crippen LogP contribution in [0.5, 0.6) is 0 Å². The molecule has 2 aromatic rings. The molecule has 0 N–H and O–H groups in total. The Labute approximate surface area is 182 Å². The predicted molar refractivity (Wildman–Crippen MR) is 109 cm³/mol. The van der Waals surface area contributed by atoms with E-state index in [-0.39, 0.29) is 58.4 Å². The summed E-state index contributed by atoms with van der Waals surface area (Å²) >= 11 is 0. The molecule has 0 unspecified atom stereocenters. The summed E-state index contributed by atoms with van der Waals surface area (Å²) in [6.45, 7) is 17.6. The van der Waals surface area contributed by atoms with Gasteiger partial charge in [0.15, 0.2) is 0 Å². The van der Waals surface area contributed by atoms with Gasteiger partial charge in [-0.25, -0.2) is 0 Å². The van der Waals surface area contributed by atoms with Gasteiger partial charge in [0.25, 0.3) is 0 Å². The smallest absolute Gasteiger partial charge is 0 e. The van der Waals surface area contributed by atoms with Crippen LogP contribution in [0.3, 0.4) is 0 Å². The van der Waals surface area contributed by atoms with Crippen LogP contribution >= 0.6 is 0 Å². The third-order valence-corrected chi connectivity index (χ3v) is 5.00. The van der Waals surface area contributed by atoms with Crippen LogP contribution in [0.15, 0.2) is 36.4 Å². The van der Waals surface area contributed by atoms with E-state index in [4.69, 9.17) is 0 Å². The molecule has 0 aliphatic rings. The molecule has 0 heterocycles. The van der Waals surface area contributed by atoms with Gasteiger partial charge in [-0.3, -0.25) is 0 Å². The third kappa shape index (κ3) is 5.51. The van der Waals surface area contributed by atoms with E-state index >= 15 is 0 Å². The quantitative estimate of drug-likeness (QED) is 0.484.